The molecule has 4 heterocycles. The topological polar surface area (TPSA) is 202 Å². The molecule has 53 heavy (non-hydrogen) atoms. The van der Waals surface area contributed by atoms with Gasteiger partial charge >= 0.3 is 30.3 Å². The number of amides is 1. The second-order valence-corrected chi connectivity index (χ2v) is 12.5. The molecule has 0 atom stereocenters. The van der Waals surface area contributed by atoms with E-state index in [1.165, 1.54) is 0 Å². The zero-order chi connectivity index (χ0) is 39.1. The van der Waals surface area contributed by atoms with E-state index in [-0.39, 0.29) is 22.8 Å². The van der Waals surface area contributed by atoms with Crippen molar-refractivity contribution < 1.29 is 60.1 Å². The van der Waals surface area contributed by atoms with Crippen molar-refractivity contribution in [1.82, 2.24) is 25.7 Å². The number of nitrogens with one attached hydrogen (secondary N) is 3. The van der Waals surface area contributed by atoms with E-state index in [1.807, 2.05) is 24.3 Å². The van der Waals surface area contributed by atoms with Gasteiger partial charge in [-0.3, -0.25) is 15.0 Å². The highest BCUT2D eigenvalue weighted by Gasteiger charge is 2.39. The third kappa shape index (κ3) is 9.55. The maximum atomic E-state index is 13.1. The van der Waals surface area contributed by atoms with Crippen LogP contribution in [0.3, 0.4) is 0 Å². The monoisotopic (exact) mass is 784 g/mol. The standard InChI is InChI=1S/C16H12F3N3O3S.C8H5F3O4S.C8H9N3/c1-25-15(24)13-10(16(17,18)19)5-12(26-13)14(23)20-6-8-3-2-4-11-9(8)7-21-22-11;1-15-7(14)5-3(8(9,10)11)2-4(16-5)6(12)13;9-4-6-2-1-3-8-7(6)5-10-11-8/h2-5,7H,6H2,1H3,(H,20,23)(H,21,22);2H,1H3,(H,12,13);1-3,5H,4,9H2,(H,10,11). The van der Waals surface area contributed by atoms with Crippen LogP contribution < -0.4 is 11.1 Å². The first kappa shape index (κ1) is 40.0. The number of carboxylic acids is 1. The van der Waals surface area contributed by atoms with Crippen LogP contribution in [-0.2, 0) is 34.9 Å². The van der Waals surface area contributed by atoms with Gasteiger partial charge in [0.1, 0.15) is 14.6 Å². The molecule has 21 heteroatoms. The number of aromatic amines is 2. The minimum Gasteiger partial charge on any atom is -0.477 e. The van der Waals surface area contributed by atoms with Crippen molar-refractivity contribution in [3.63, 3.8) is 0 Å². The molecule has 0 aliphatic carbocycles. The van der Waals surface area contributed by atoms with Crippen molar-refractivity contribution in [3.8, 4) is 0 Å². The molecular weight excluding hydrogens is 759 g/mol. The lowest BCUT2D eigenvalue weighted by atomic mass is 10.1. The minimum absolute atomic E-state index is 0.0997. The van der Waals surface area contributed by atoms with Gasteiger partial charge in [0, 0.05) is 23.9 Å². The molecule has 0 saturated heterocycles. The summed E-state index contributed by atoms with van der Waals surface area (Å²) in [6.45, 7) is 0.666. The number of carboxylic acid groups (broad SMARTS) is 1. The summed E-state index contributed by atoms with van der Waals surface area (Å²) in [5.41, 5.74) is 6.78. The molecule has 0 unspecified atom stereocenters. The number of ether oxygens (including phenoxy) is 2. The smallest absolute Gasteiger partial charge is 0.418 e. The maximum Gasteiger partial charge on any atom is 0.418 e. The Hall–Kier alpha value is -5.80. The van der Waals surface area contributed by atoms with Crippen LogP contribution in [0.15, 0.2) is 60.9 Å². The molecule has 6 rings (SSSR count). The third-order valence-electron chi connectivity index (χ3n) is 7.06. The molecule has 2 aromatic carbocycles. The number of hydrogen-bond donors (Lipinski definition) is 5. The molecule has 4 aromatic heterocycles. The number of H-pyrrole nitrogens is 2. The lowest BCUT2D eigenvalue weighted by molar-refractivity contribution is -0.138. The number of thiophene rings is 2. The Labute approximate surface area is 301 Å². The largest absolute Gasteiger partial charge is 0.477 e. The number of aromatic nitrogens is 4. The second-order valence-electron chi connectivity index (χ2n) is 10.4. The molecular formula is C32H26F6N6O7S2. The van der Waals surface area contributed by atoms with Gasteiger partial charge < -0.3 is 25.6 Å². The van der Waals surface area contributed by atoms with Gasteiger partial charge in [-0.05, 0) is 35.4 Å². The number of aromatic carboxylic acids is 1. The Kier molecular flexibility index (Phi) is 12.6. The first-order valence-corrected chi connectivity index (χ1v) is 16.3. The molecule has 0 radical (unpaired) electrons. The zero-order valence-electron chi connectivity index (χ0n) is 27.1. The molecule has 0 saturated carbocycles. The van der Waals surface area contributed by atoms with Crippen LogP contribution >= 0.6 is 22.7 Å². The average Bonchev–Trinajstić information content (AvgIpc) is 3.94. The fourth-order valence-corrected chi connectivity index (χ4v) is 6.51. The van der Waals surface area contributed by atoms with E-state index in [4.69, 9.17) is 10.8 Å². The van der Waals surface area contributed by atoms with Crippen molar-refractivity contribution in [1.29, 1.82) is 0 Å². The number of esters is 2. The number of methoxy groups -OCH3 is 2. The summed E-state index contributed by atoms with van der Waals surface area (Å²) in [6.07, 6.45) is -6.15. The molecule has 6 N–H and O–H groups in total. The lowest BCUT2D eigenvalue weighted by Gasteiger charge is -2.05. The fraction of sp³-hybridized carbons (Fsp3) is 0.188. The lowest BCUT2D eigenvalue weighted by Crippen LogP contribution is -2.22. The Balaban J connectivity index is 0.000000197. The van der Waals surface area contributed by atoms with Crippen molar-refractivity contribution in [3.05, 3.63) is 103 Å². The minimum atomic E-state index is -4.78. The van der Waals surface area contributed by atoms with Crippen molar-refractivity contribution in [2.75, 3.05) is 14.2 Å². The van der Waals surface area contributed by atoms with E-state index in [0.717, 1.165) is 47.2 Å². The van der Waals surface area contributed by atoms with Gasteiger partial charge in [0.05, 0.1) is 53.7 Å². The summed E-state index contributed by atoms with van der Waals surface area (Å²) in [7, 11) is 1.90. The van der Waals surface area contributed by atoms with E-state index >= 15 is 0 Å². The number of nitrogens with two attached hydrogens (primary N) is 1. The van der Waals surface area contributed by atoms with Crippen LogP contribution in [0.4, 0.5) is 26.3 Å². The Morgan fingerprint density at radius 1 is 0.774 bits per heavy atom. The number of carbonyl (C=O) groups is 4. The number of benzene rings is 2. The van der Waals surface area contributed by atoms with Gasteiger partial charge in [-0.2, -0.15) is 36.5 Å². The van der Waals surface area contributed by atoms with Crippen LogP contribution in [-0.4, -0.2) is 63.5 Å². The van der Waals surface area contributed by atoms with E-state index < -0.39 is 61.9 Å². The predicted molar refractivity (Wildman–Crippen MR) is 180 cm³/mol. The third-order valence-corrected chi connectivity index (χ3v) is 9.28. The first-order valence-electron chi connectivity index (χ1n) is 14.6. The van der Waals surface area contributed by atoms with E-state index in [2.05, 4.69) is 35.2 Å². The number of rotatable bonds is 7. The normalized spacial score (nSPS) is 11.3. The number of hydrogen-bond acceptors (Lipinski definition) is 11. The van der Waals surface area contributed by atoms with Crippen LogP contribution in [0.1, 0.15) is 60.9 Å². The van der Waals surface area contributed by atoms with E-state index in [0.29, 0.717) is 30.0 Å². The molecule has 0 aliphatic heterocycles. The summed E-state index contributed by atoms with van der Waals surface area (Å²) >= 11 is 0.676. The van der Waals surface area contributed by atoms with Crippen molar-refractivity contribution >= 4 is 68.3 Å². The number of nitrogens with zero attached hydrogens (tertiary/aromatic N) is 2. The van der Waals surface area contributed by atoms with Gasteiger partial charge in [-0.1, -0.05) is 24.3 Å². The highest BCUT2D eigenvalue weighted by atomic mass is 32.1. The molecule has 6 aromatic rings. The van der Waals surface area contributed by atoms with Crippen LogP contribution in [0.5, 0.6) is 0 Å². The van der Waals surface area contributed by atoms with Gasteiger partial charge in [0.2, 0.25) is 0 Å². The fourth-order valence-electron chi connectivity index (χ4n) is 4.56. The molecule has 13 nitrogen and oxygen atoms in total. The van der Waals surface area contributed by atoms with E-state index in [1.54, 1.807) is 24.5 Å². The summed E-state index contributed by atoms with van der Waals surface area (Å²) < 4.78 is 85.0. The van der Waals surface area contributed by atoms with Crippen LogP contribution in [0, 0.1) is 0 Å². The van der Waals surface area contributed by atoms with Crippen LogP contribution in [0.25, 0.3) is 21.8 Å². The average molecular weight is 785 g/mol. The molecule has 0 spiro atoms. The molecule has 0 aliphatic rings. The second kappa shape index (κ2) is 16.7. The number of fused-ring (bicyclic) bond motifs is 2. The quantitative estimate of drug-likeness (QED) is 0.0864. The number of alkyl halides is 6. The Morgan fingerprint density at radius 3 is 1.68 bits per heavy atom. The highest BCUT2D eigenvalue weighted by Crippen LogP contribution is 2.38. The van der Waals surface area contributed by atoms with Crippen molar-refractivity contribution in [2.45, 2.75) is 25.4 Å². The Morgan fingerprint density at radius 2 is 1.23 bits per heavy atom. The molecule has 280 valence electrons. The molecule has 0 fully saturated rings. The van der Waals surface area contributed by atoms with Gasteiger partial charge in [0.15, 0.2) is 0 Å². The van der Waals surface area contributed by atoms with Crippen LogP contribution in [0.2, 0.25) is 0 Å². The predicted octanol–water partition coefficient (Wildman–Crippen LogP) is 6.63. The highest BCUT2D eigenvalue weighted by molar-refractivity contribution is 7.16. The SMILES string of the molecule is COC(=O)c1sc(C(=O)NCc2cccc3[nH]ncc23)cc1C(F)(F)F.COC(=O)c1sc(C(=O)O)cc1C(F)(F)F.NCc1cccc2[nH]ncc12. The molecule has 1 amide bonds. The summed E-state index contributed by atoms with van der Waals surface area (Å²) in [4.78, 5) is 43.1. The van der Waals surface area contributed by atoms with E-state index in [9.17, 15) is 45.5 Å². The van der Waals surface area contributed by atoms with Crippen molar-refractivity contribution in [2.24, 2.45) is 5.73 Å². The first-order chi connectivity index (χ1) is 25.0. The number of carbonyl (C=O) groups excluding carboxylic acids is 3. The van der Waals surface area contributed by atoms with Gasteiger partial charge in [0.25, 0.3) is 5.91 Å². The zero-order valence-corrected chi connectivity index (χ0v) is 28.8. The maximum absolute atomic E-state index is 13.1. The number of halogens is 6. The van der Waals surface area contributed by atoms with Gasteiger partial charge in [-0.25, -0.2) is 14.4 Å². The summed E-state index contributed by atoms with van der Waals surface area (Å²) in [5.74, 6) is -4.57. The van der Waals surface area contributed by atoms with Gasteiger partial charge in [-0.15, -0.1) is 22.7 Å². The molecule has 0 bridgehead atoms. The summed E-state index contributed by atoms with van der Waals surface area (Å²) in [6, 6.07) is 12.4. The Bertz CT molecular complexity index is 2260. The summed E-state index contributed by atoms with van der Waals surface area (Å²) in [5, 5.41) is 26.5.